The second-order valence-corrected chi connectivity index (χ2v) is 16.4. The van der Waals surface area contributed by atoms with Gasteiger partial charge in [0.15, 0.2) is 17.3 Å². The largest absolute Gasteiger partial charge is 0.497 e. The molecule has 0 aliphatic heterocycles. The first-order chi connectivity index (χ1) is 25.2. The molecule has 13 heteroatoms. The summed E-state index contributed by atoms with van der Waals surface area (Å²) >= 11 is 1.68. The van der Waals surface area contributed by atoms with Crippen molar-refractivity contribution in [3.63, 3.8) is 0 Å². The molecule has 11 nitrogen and oxygen atoms in total. The molecule has 4 aromatic rings. The van der Waals surface area contributed by atoms with Gasteiger partial charge in [0.05, 0.1) is 28.8 Å². The normalized spacial score (nSPS) is 12.1. The molecule has 2 N–H and O–H groups in total. The SMILES string of the molecule is CCCCCCCCCCCCS(=O)(=O)Nc1ccc(OC)cc1-c1nnc2c(=Cc3ccc(N(CC)CCCC)s3)c(NC(=O)CCCC)nn12. The van der Waals surface area contributed by atoms with Gasteiger partial charge in [-0.1, -0.05) is 91.4 Å². The van der Waals surface area contributed by atoms with Crippen LogP contribution in [0, 0.1) is 0 Å². The smallest absolute Gasteiger partial charge is 0.232 e. The molecule has 0 saturated heterocycles. The number of carbonyl (C=O) groups is 1. The Hall–Kier alpha value is -3.71. The highest BCUT2D eigenvalue weighted by Gasteiger charge is 2.22. The van der Waals surface area contributed by atoms with Crippen LogP contribution in [0.1, 0.15) is 129 Å². The summed E-state index contributed by atoms with van der Waals surface area (Å²) in [4.78, 5) is 16.3. The minimum absolute atomic E-state index is 0.0304. The summed E-state index contributed by atoms with van der Waals surface area (Å²) in [7, 11) is -2.09. The molecular weight excluding hydrogens is 695 g/mol. The predicted molar refractivity (Wildman–Crippen MR) is 216 cm³/mol. The van der Waals surface area contributed by atoms with Gasteiger partial charge in [-0.05, 0) is 62.6 Å². The van der Waals surface area contributed by atoms with E-state index in [0.717, 1.165) is 62.9 Å². The van der Waals surface area contributed by atoms with E-state index in [1.807, 2.05) is 13.0 Å². The molecule has 52 heavy (non-hydrogen) atoms. The zero-order chi connectivity index (χ0) is 37.3. The highest BCUT2D eigenvalue weighted by molar-refractivity contribution is 7.92. The van der Waals surface area contributed by atoms with Crippen LogP contribution in [0.5, 0.6) is 5.75 Å². The van der Waals surface area contributed by atoms with Crippen molar-refractivity contribution in [3.05, 3.63) is 40.4 Å². The summed E-state index contributed by atoms with van der Waals surface area (Å²) < 4.78 is 36.5. The number of benzene rings is 1. The Balaban J connectivity index is 1.61. The first-order valence-electron chi connectivity index (χ1n) is 19.3. The van der Waals surface area contributed by atoms with Crippen molar-refractivity contribution in [2.75, 3.05) is 40.9 Å². The Labute approximate surface area is 314 Å². The van der Waals surface area contributed by atoms with Gasteiger partial charge in [-0.2, -0.15) is 4.52 Å². The molecule has 0 aliphatic rings. The Bertz CT molecular complexity index is 1850. The number of nitrogens with zero attached hydrogens (tertiary/aromatic N) is 5. The lowest BCUT2D eigenvalue weighted by atomic mass is 10.1. The Morgan fingerprint density at radius 2 is 1.58 bits per heavy atom. The van der Waals surface area contributed by atoms with Gasteiger partial charge >= 0.3 is 0 Å². The molecule has 0 aliphatic carbocycles. The van der Waals surface area contributed by atoms with Crippen molar-refractivity contribution in [1.29, 1.82) is 0 Å². The third-order valence-corrected chi connectivity index (χ3v) is 11.7. The number of amides is 1. The van der Waals surface area contributed by atoms with E-state index in [4.69, 9.17) is 9.84 Å². The van der Waals surface area contributed by atoms with Crippen LogP contribution < -0.4 is 24.9 Å². The lowest BCUT2D eigenvalue weighted by Gasteiger charge is -2.20. The van der Waals surface area contributed by atoms with E-state index >= 15 is 0 Å². The van der Waals surface area contributed by atoms with Crippen LogP contribution in [0.25, 0.3) is 23.1 Å². The number of hydrogen-bond donors (Lipinski definition) is 2. The third-order valence-electron chi connectivity index (χ3n) is 9.23. The molecule has 0 bridgehead atoms. The number of unbranched alkanes of at least 4 members (excludes halogenated alkanes) is 11. The molecule has 0 unspecified atom stereocenters. The molecule has 3 heterocycles. The maximum absolute atomic E-state index is 13.3. The topological polar surface area (TPSA) is 131 Å². The molecule has 0 spiro atoms. The quantitative estimate of drug-likeness (QED) is 0.0643. The summed E-state index contributed by atoms with van der Waals surface area (Å²) in [5.41, 5.74) is 1.29. The number of ether oxygens (including phenoxy) is 1. The van der Waals surface area contributed by atoms with Gasteiger partial charge in [0.1, 0.15) is 5.75 Å². The third kappa shape index (κ3) is 11.9. The van der Waals surface area contributed by atoms with Crippen LogP contribution in [-0.4, -0.2) is 60.1 Å². The van der Waals surface area contributed by atoms with Crippen LogP contribution >= 0.6 is 11.3 Å². The number of sulfonamides is 1. The minimum atomic E-state index is -3.64. The Kier molecular flexibility index (Phi) is 16.7. The molecule has 0 atom stereocenters. The summed E-state index contributed by atoms with van der Waals surface area (Å²) in [5, 5.41) is 18.6. The van der Waals surface area contributed by atoms with E-state index in [1.54, 1.807) is 41.2 Å². The second kappa shape index (κ2) is 21.1. The average molecular weight is 754 g/mol. The molecular formula is C39H59N7O4S2. The highest BCUT2D eigenvalue weighted by atomic mass is 32.2. The van der Waals surface area contributed by atoms with Crippen molar-refractivity contribution in [2.24, 2.45) is 0 Å². The minimum Gasteiger partial charge on any atom is -0.497 e. The number of aromatic nitrogens is 4. The second-order valence-electron chi connectivity index (χ2n) is 13.4. The van der Waals surface area contributed by atoms with Crippen LogP contribution in [0.2, 0.25) is 0 Å². The van der Waals surface area contributed by atoms with Crippen molar-refractivity contribution >= 4 is 55.5 Å². The molecule has 286 valence electrons. The summed E-state index contributed by atoms with van der Waals surface area (Å²) in [6, 6.07) is 9.32. The van der Waals surface area contributed by atoms with E-state index in [1.165, 1.54) is 43.5 Å². The van der Waals surface area contributed by atoms with Crippen LogP contribution in [0.4, 0.5) is 16.5 Å². The number of methoxy groups -OCH3 is 1. The number of nitrogens with one attached hydrogen (secondary N) is 2. The van der Waals surface area contributed by atoms with E-state index in [2.05, 4.69) is 58.0 Å². The van der Waals surface area contributed by atoms with Crippen LogP contribution in [-0.2, 0) is 14.8 Å². The standard InChI is InChI=1S/C39H59N7O4S2/c1-6-10-13-14-15-16-17-18-19-20-27-52(48,49)44-34-24-22-30(50-5)28-32(34)38-41-42-39-33(37(43-46(38)39)40-35(47)21-11-7-2)29-31-23-25-36(51-31)45(9-4)26-12-8-3/h22-25,28-29,44H,6-21,26-27H2,1-5H3,(H,40,43,47). The van der Waals surface area contributed by atoms with E-state index in [0.29, 0.717) is 52.4 Å². The molecule has 0 fully saturated rings. The first-order valence-corrected chi connectivity index (χ1v) is 21.8. The maximum atomic E-state index is 13.3. The van der Waals surface area contributed by atoms with Gasteiger partial charge in [0, 0.05) is 30.0 Å². The summed E-state index contributed by atoms with van der Waals surface area (Å²) in [6.45, 7) is 10.5. The fraction of sp³-hybridized carbons (Fsp3) is 0.590. The number of fused-ring (bicyclic) bond motifs is 1. The zero-order valence-corrected chi connectivity index (χ0v) is 33.5. The van der Waals surface area contributed by atoms with Crippen molar-refractivity contribution < 1.29 is 17.9 Å². The van der Waals surface area contributed by atoms with E-state index < -0.39 is 10.0 Å². The number of rotatable bonds is 25. The van der Waals surface area contributed by atoms with Crippen molar-refractivity contribution in [3.8, 4) is 17.1 Å². The molecule has 3 aromatic heterocycles. The lowest BCUT2D eigenvalue weighted by Crippen LogP contribution is -2.22. The molecule has 4 rings (SSSR count). The van der Waals surface area contributed by atoms with Gasteiger partial charge in [0.2, 0.25) is 15.9 Å². The van der Waals surface area contributed by atoms with Gasteiger partial charge in [-0.3, -0.25) is 9.52 Å². The van der Waals surface area contributed by atoms with Gasteiger partial charge in [-0.25, -0.2) is 8.42 Å². The fourth-order valence-electron chi connectivity index (χ4n) is 6.15. The first kappa shape index (κ1) is 41.1. The lowest BCUT2D eigenvalue weighted by molar-refractivity contribution is -0.116. The monoisotopic (exact) mass is 753 g/mol. The Morgan fingerprint density at radius 3 is 2.25 bits per heavy atom. The van der Waals surface area contributed by atoms with Crippen molar-refractivity contribution in [1.82, 2.24) is 19.8 Å². The average Bonchev–Trinajstić information content (AvgIpc) is 3.85. The number of carbonyl (C=O) groups excluding carboxylic acids is 1. The van der Waals surface area contributed by atoms with Gasteiger partial charge in [0.25, 0.3) is 0 Å². The highest BCUT2D eigenvalue weighted by Crippen LogP contribution is 2.32. The zero-order valence-electron chi connectivity index (χ0n) is 31.9. The number of thiophene rings is 1. The maximum Gasteiger partial charge on any atom is 0.232 e. The fourth-order valence-corrected chi connectivity index (χ4v) is 8.39. The molecule has 0 saturated carbocycles. The predicted octanol–water partition coefficient (Wildman–Crippen LogP) is 8.83. The van der Waals surface area contributed by atoms with E-state index in [-0.39, 0.29) is 11.7 Å². The molecule has 1 amide bonds. The number of hydrogen-bond acceptors (Lipinski definition) is 9. The summed E-state index contributed by atoms with van der Waals surface area (Å²) in [6.07, 6.45) is 17.5. The molecule has 1 aromatic carbocycles. The van der Waals surface area contributed by atoms with Gasteiger partial charge in [-0.15, -0.1) is 26.6 Å². The van der Waals surface area contributed by atoms with Crippen molar-refractivity contribution in [2.45, 2.75) is 124 Å². The molecule has 0 radical (unpaired) electrons. The van der Waals surface area contributed by atoms with E-state index in [9.17, 15) is 13.2 Å². The summed E-state index contributed by atoms with van der Waals surface area (Å²) in [5.74, 6) is 1.15. The van der Waals surface area contributed by atoms with Crippen LogP contribution in [0.3, 0.4) is 0 Å². The Morgan fingerprint density at radius 1 is 0.885 bits per heavy atom. The van der Waals surface area contributed by atoms with Crippen LogP contribution in [0.15, 0.2) is 30.3 Å². The van der Waals surface area contributed by atoms with Gasteiger partial charge < -0.3 is 15.0 Å². The number of anilines is 3.